The van der Waals surface area contributed by atoms with Gasteiger partial charge in [0.1, 0.15) is 0 Å². The van der Waals surface area contributed by atoms with Gasteiger partial charge in [-0.15, -0.1) is 0 Å². The largest absolute Gasteiger partial charge is 0.417 e. The van der Waals surface area contributed by atoms with E-state index >= 15 is 0 Å². The summed E-state index contributed by atoms with van der Waals surface area (Å²) in [6.45, 7) is 2.76. The Hall–Kier alpha value is -1.56. The van der Waals surface area contributed by atoms with Crippen LogP contribution in [0.15, 0.2) is 24.3 Å². The number of halogens is 3. The molecule has 0 saturated carbocycles. The maximum atomic E-state index is 13.0. The lowest BCUT2D eigenvalue weighted by atomic mass is 9.91. The van der Waals surface area contributed by atoms with E-state index in [1.807, 2.05) is 6.92 Å². The molecule has 1 aliphatic heterocycles. The van der Waals surface area contributed by atoms with Crippen LogP contribution < -0.4 is 5.73 Å². The number of nitrogens with two attached hydrogens (primary N) is 1. The normalized spacial score (nSPS) is 21.2. The number of carbonyl (C=O) groups is 1. The summed E-state index contributed by atoms with van der Waals surface area (Å²) < 4.78 is 39.0. The second-order valence-corrected chi connectivity index (χ2v) is 5.56. The number of rotatable bonds is 2. The molecule has 2 rings (SSSR count). The molecule has 1 aliphatic rings. The highest BCUT2D eigenvalue weighted by Crippen LogP contribution is 2.33. The van der Waals surface area contributed by atoms with Gasteiger partial charge in [-0.1, -0.05) is 12.1 Å². The molecule has 1 aromatic rings. The maximum Gasteiger partial charge on any atom is 0.417 e. The Morgan fingerprint density at radius 1 is 1.38 bits per heavy atom. The smallest absolute Gasteiger partial charge is 0.338 e. The highest BCUT2D eigenvalue weighted by atomic mass is 19.4. The lowest BCUT2D eigenvalue weighted by Crippen LogP contribution is -2.45. The minimum atomic E-state index is -4.53. The third-order valence-electron chi connectivity index (χ3n) is 3.95. The lowest BCUT2D eigenvalue weighted by Gasteiger charge is -2.35. The van der Waals surface area contributed by atoms with Crippen LogP contribution in [-0.4, -0.2) is 29.9 Å². The Balaban J connectivity index is 2.24. The maximum absolute atomic E-state index is 13.0. The zero-order chi connectivity index (χ0) is 15.6. The molecule has 3 nitrogen and oxygen atoms in total. The Morgan fingerprint density at radius 3 is 2.67 bits per heavy atom. The third-order valence-corrected chi connectivity index (χ3v) is 3.95. The number of alkyl halides is 3. The van der Waals surface area contributed by atoms with Gasteiger partial charge in [0.2, 0.25) is 0 Å². The summed E-state index contributed by atoms with van der Waals surface area (Å²) >= 11 is 0. The van der Waals surface area contributed by atoms with E-state index in [1.165, 1.54) is 23.1 Å². The van der Waals surface area contributed by atoms with Gasteiger partial charge in [0.25, 0.3) is 5.91 Å². The molecular formula is C15H19F3N2O. The zero-order valence-corrected chi connectivity index (χ0v) is 11.9. The number of hydrogen-bond acceptors (Lipinski definition) is 2. The topological polar surface area (TPSA) is 46.3 Å². The van der Waals surface area contributed by atoms with Crippen molar-refractivity contribution in [3.8, 4) is 0 Å². The molecule has 1 aromatic carbocycles. The molecule has 21 heavy (non-hydrogen) atoms. The van der Waals surface area contributed by atoms with Crippen LogP contribution in [0.1, 0.15) is 35.7 Å². The number of benzene rings is 1. The van der Waals surface area contributed by atoms with Crippen LogP contribution in [0.2, 0.25) is 0 Å². The first-order valence-corrected chi connectivity index (χ1v) is 7.01. The van der Waals surface area contributed by atoms with Crippen LogP contribution in [0.25, 0.3) is 0 Å². The summed E-state index contributed by atoms with van der Waals surface area (Å²) in [5.74, 6) is -0.422. The average Bonchev–Trinajstić information content (AvgIpc) is 2.45. The molecule has 0 radical (unpaired) electrons. The van der Waals surface area contributed by atoms with Gasteiger partial charge in [-0.05, 0) is 37.8 Å². The standard InChI is InChI=1S/C15H19F3N2O/c1-10(19)11-5-4-8-20(9-11)14(21)12-6-2-3-7-13(12)15(16,17)18/h2-3,6-7,10-11H,4-5,8-9,19H2,1H3. The summed E-state index contributed by atoms with van der Waals surface area (Å²) in [4.78, 5) is 13.9. The summed E-state index contributed by atoms with van der Waals surface area (Å²) in [6, 6.07) is 4.86. The van der Waals surface area contributed by atoms with Crippen LogP contribution in [0.3, 0.4) is 0 Å². The van der Waals surface area contributed by atoms with Crippen molar-refractivity contribution in [1.82, 2.24) is 4.90 Å². The van der Waals surface area contributed by atoms with Gasteiger partial charge in [-0.25, -0.2) is 0 Å². The monoisotopic (exact) mass is 300 g/mol. The van der Waals surface area contributed by atoms with Crippen LogP contribution in [0.5, 0.6) is 0 Å². The number of piperidine rings is 1. The van der Waals surface area contributed by atoms with Crippen LogP contribution in [-0.2, 0) is 6.18 Å². The Kier molecular flexibility index (Phi) is 4.56. The number of likely N-dealkylation sites (tertiary alicyclic amines) is 1. The number of hydrogen-bond donors (Lipinski definition) is 1. The predicted molar refractivity (Wildman–Crippen MR) is 73.7 cm³/mol. The first kappa shape index (κ1) is 15.8. The van der Waals surface area contributed by atoms with Crippen molar-refractivity contribution in [3.63, 3.8) is 0 Å². The van der Waals surface area contributed by atoms with Gasteiger partial charge in [-0.3, -0.25) is 4.79 Å². The molecule has 2 atom stereocenters. The van der Waals surface area contributed by atoms with Crippen molar-refractivity contribution in [3.05, 3.63) is 35.4 Å². The second-order valence-electron chi connectivity index (χ2n) is 5.56. The fourth-order valence-corrected chi connectivity index (χ4v) is 2.71. The fraction of sp³-hybridized carbons (Fsp3) is 0.533. The van der Waals surface area contributed by atoms with E-state index < -0.39 is 17.6 Å². The molecule has 0 spiro atoms. The second kappa shape index (κ2) is 6.05. The quantitative estimate of drug-likeness (QED) is 0.913. The molecular weight excluding hydrogens is 281 g/mol. The Bertz CT molecular complexity index is 514. The number of nitrogens with zero attached hydrogens (tertiary/aromatic N) is 1. The van der Waals surface area contributed by atoms with Gasteiger partial charge in [-0.2, -0.15) is 13.2 Å². The van der Waals surface area contributed by atoms with Crippen molar-refractivity contribution in [2.75, 3.05) is 13.1 Å². The van der Waals surface area contributed by atoms with E-state index in [9.17, 15) is 18.0 Å². The van der Waals surface area contributed by atoms with Gasteiger partial charge >= 0.3 is 6.18 Å². The SMILES string of the molecule is CC(N)C1CCCN(C(=O)c2ccccc2C(F)(F)F)C1. The summed E-state index contributed by atoms with van der Waals surface area (Å²) in [5, 5.41) is 0. The molecule has 2 unspecified atom stereocenters. The van der Waals surface area contributed by atoms with E-state index in [-0.39, 0.29) is 17.5 Å². The lowest BCUT2D eigenvalue weighted by molar-refractivity contribution is -0.138. The first-order chi connectivity index (χ1) is 9.80. The van der Waals surface area contributed by atoms with Gasteiger partial charge in [0.15, 0.2) is 0 Å². The molecule has 0 bridgehead atoms. The minimum absolute atomic E-state index is 0.0709. The predicted octanol–water partition coefficient (Wildman–Crippen LogP) is 2.90. The number of amides is 1. The van der Waals surface area contributed by atoms with E-state index in [1.54, 1.807) is 0 Å². The highest BCUT2D eigenvalue weighted by Gasteiger charge is 2.36. The molecule has 0 aliphatic carbocycles. The van der Waals surface area contributed by atoms with E-state index in [2.05, 4.69) is 0 Å². The molecule has 6 heteroatoms. The van der Waals surface area contributed by atoms with Gasteiger partial charge in [0, 0.05) is 19.1 Å². The average molecular weight is 300 g/mol. The Morgan fingerprint density at radius 2 is 2.05 bits per heavy atom. The van der Waals surface area contributed by atoms with Crippen LogP contribution in [0, 0.1) is 5.92 Å². The van der Waals surface area contributed by atoms with Crippen molar-refractivity contribution in [1.29, 1.82) is 0 Å². The molecule has 1 amide bonds. The van der Waals surface area contributed by atoms with Crippen LogP contribution in [0.4, 0.5) is 13.2 Å². The van der Waals surface area contributed by atoms with Crippen molar-refractivity contribution < 1.29 is 18.0 Å². The summed E-state index contributed by atoms with van der Waals surface area (Å²) in [7, 11) is 0. The first-order valence-electron chi connectivity index (χ1n) is 7.01. The molecule has 1 saturated heterocycles. The van der Waals surface area contributed by atoms with Crippen LogP contribution >= 0.6 is 0 Å². The fourth-order valence-electron chi connectivity index (χ4n) is 2.71. The van der Waals surface area contributed by atoms with E-state index in [4.69, 9.17) is 5.73 Å². The van der Waals surface area contributed by atoms with Crippen molar-refractivity contribution in [2.24, 2.45) is 11.7 Å². The third kappa shape index (κ3) is 3.56. The molecule has 1 heterocycles. The van der Waals surface area contributed by atoms with Crippen molar-refractivity contribution >= 4 is 5.91 Å². The molecule has 116 valence electrons. The van der Waals surface area contributed by atoms with Gasteiger partial charge in [0.05, 0.1) is 11.1 Å². The Labute approximate surface area is 121 Å². The highest BCUT2D eigenvalue weighted by molar-refractivity contribution is 5.96. The molecule has 1 fully saturated rings. The van der Waals surface area contributed by atoms with Crippen molar-refractivity contribution in [2.45, 2.75) is 32.0 Å². The van der Waals surface area contributed by atoms with E-state index in [0.29, 0.717) is 13.1 Å². The zero-order valence-electron chi connectivity index (χ0n) is 11.9. The molecule has 0 aromatic heterocycles. The summed E-state index contributed by atoms with van der Waals surface area (Å²) in [5.41, 5.74) is 4.69. The number of carbonyl (C=O) groups excluding carboxylic acids is 1. The minimum Gasteiger partial charge on any atom is -0.338 e. The van der Waals surface area contributed by atoms with Gasteiger partial charge < -0.3 is 10.6 Å². The summed E-state index contributed by atoms with van der Waals surface area (Å²) in [6.07, 6.45) is -2.85. The molecule has 2 N–H and O–H groups in total. The van der Waals surface area contributed by atoms with E-state index in [0.717, 1.165) is 18.9 Å².